The van der Waals surface area contributed by atoms with Crippen molar-refractivity contribution in [2.24, 2.45) is 11.8 Å². The highest BCUT2D eigenvalue weighted by atomic mass is 16.7. The van der Waals surface area contributed by atoms with E-state index in [2.05, 4.69) is 19.2 Å². The fourth-order valence-corrected chi connectivity index (χ4v) is 2.69. The van der Waals surface area contributed by atoms with Crippen molar-refractivity contribution in [3.63, 3.8) is 0 Å². The third-order valence-electron chi connectivity index (χ3n) is 4.40. The van der Waals surface area contributed by atoms with Crippen LogP contribution in [0.5, 0.6) is 0 Å². The number of methoxy groups -OCH3 is 1. The van der Waals surface area contributed by atoms with Gasteiger partial charge in [0, 0.05) is 20.1 Å². The summed E-state index contributed by atoms with van der Waals surface area (Å²) in [5.41, 5.74) is 1.85. The molecule has 2 rings (SSSR count). The monoisotopic (exact) mass is 363 g/mol. The first-order chi connectivity index (χ1) is 12.5. The van der Waals surface area contributed by atoms with Crippen molar-refractivity contribution in [3.05, 3.63) is 47.2 Å². The molecule has 144 valence electrons. The van der Waals surface area contributed by atoms with Crippen molar-refractivity contribution in [2.45, 2.75) is 39.8 Å². The summed E-state index contributed by atoms with van der Waals surface area (Å²) in [6.07, 6.45) is 2.14. The topological polar surface area (TPSA) is 77.0 Å². The lowest BCUT2D eigenvalue weighted by Crippen LogP contribution is -2.35. The molecule has 2 N–H and O–H groups in total. The van der Waals surface area contributed by atoms with Crippen LogP contribution < -0.4 is 5.32 Å². The molecule has 1 aliphatic rings. The first-order valence-corrected chi connectivity index (χ1v) is 8.99. The van der Waals surface area contributed by atoms with E-state index in [0.717, 1.165) is 11.1 Å². The lowest BCUT2D eigenvalue weighted by atomic mass is 9.90. The zero-order chi connectivity index (χ0) is 18.9. The molecule has 0 saturated carbocycles. The summed E-state index contributed by atoms with van der Waals surface area (Å²) < 4.78 is 16.6. The Bertz CT molecular complexity index is 597. The van der Waals surface area contributed by atoms with E-state index in [1.54, 1.807) is 7.11 Å². The third kappa shape index (κ3) is 6.12. The molecule has 0 saturated heterocycles. The maximum atomic E-state index is 12.3. The molecule has 0 aromatic heterocycles. The van der Waals surface area contributed by atoms with Crippen molar-refractivity contribution in [1.82, 2.24) is 5.32 Å². The standard InChI is InChI=1S/C20H29NO5/c1-14(2)17-10-18(20(23)21-8-9-24-3)26-19(11-17)25-13-16-6-4-15(12-22)5-7-16/h4-7,10,14,17,19,22H,8-9,11-13H2,1-3H3,(H,21,23)/t17-,19+/m1/s1. The number of carbonyl (C=O) groups excluding carboxylic acids is 1. The summed E-state index contributed by atoms with van der Waals surface area (Å²) in [5.74, 6) is 0.671. The van der Waals surface area contributed by atoms with Gasteiger partial charge in [0.2, 0.25) is 6.29 Å². The van der Waals surface area contributed by atoms with Crippen LogP contribution >= 0.6 is 0 Å². The van der Waals surface area contributed by atoms with Crippen LogP contribution in [0.15, 0.2) is 36.1 Å². The van der Waals surface area contributed by atoms with E-state index < -0.39 is 6.29 Å². The van der Waals surface area contributed by atoms with Gasteiger partial charge in [-0.3, -0.25) is 4.79 Å². The number of carbonyl (C=O) groups is 1. The second-order valence-corrected chi connectivity index (χ2v) is 6.76. The summed E-state index contributed by atoms with van der Waals surface area (Å²) in [7, 11) is 1.59. The number of aliphatic hydroxyl groups is 1. The summed E-state index contributed by atoms with van der Waals surface area (Å²) in [4.78, 5) is 12.3. The Morgan fingerprint density at radius 3 is 2.62 bits per heavy atom. The van der Waals surface area contributed by atoms with Crippen LogP contribution in [0.4, 0.5) is 0 Å². The Balaban J connectivity index is 1.95. The molecule has 1 heterocycles. The van der Waals surface area contributed by atoms with Gasteiger partial charge in [0.25, 0.3) is 5.91 Å². The van der Waals surface area contributed by atoms with E-state index >= 15 is 0 Å². The smallest absolute Gasteiger partial charge is 0.286 e. The van der Waals surface area contributed by atoms with E-state index in [1.165, 1.54) is 0 Å². The molecule has 1 aliphatic heterocycles. The molecule has 0 unspecified atom stereocenters. The normalized spacial score (nSPS) is 19.8. The largest absolute Gasteiger partial charge is 0.459 e. The average Bonchev–Trinajstić information content (AvgIpc) is 2.66. The predicted octanol–water partition coefficient (Wildman–Crippen LogP) is 2.36. The Hall–Kier alpha value is -1.89. The van der Waals surface area contributed by atoms with Crippen LogP contribution in [-0.4, -0.2) is 37.6 Å². The molecule has 0 fully saturated rings. The fraction of sp³-hybridized carbons (Fsp3) is 0.550. The van der Waals surface area contributed by atoms with Crippen molar-refractivity contribution in [1.29, 1.82) is 0 Å². The minimum atomic E-state index is -0.465. The number of nitrogens with one attached hydrogen (secondary N) is 1. The highest BCUT2D eigenvalue weighted by Crippen LogP contribution is 2.29. The number of aliphatic hydroxyl groups excluding tert-OH is 1. The first kappa shape index (κ1) is 20.4. The van der Waals surface area contributed by atoms with Crippen LogP contribution in [0.25, 0.3) is 0 Å². The number of ether oxygens (including phenoxy) is 3. The van der Waals surface area contributed by atoms with Crippen LogP contribution in [0, 0.1) is 11.8 Å². The zero-order valence-corrected chi connectivity index (χ0v) is 15.7. The fourth-order valence-electron chi connectivity index (χ4n) is 2.69. The van der Waals surface area contributed by atoms with Gasteiger partial charge in [0.15, 0.2) is 5.76 Å². The van der Waals surface area contributed by atoms with Crippen LogP contribution in [0.2, 0.25) is 0 Å². The Morgan fingerprint density at radius 2 is 2.00 bits per heavy atom. The van der Waals surface area contributed by atoms with Gasteiger partial charge in [-0.05, 0) is 29.0 Å². The van der Waals surface area contributed by atoms with Crippen LogP contribution in [0.3, 0.4) is 0 Å². The molecule has 6 heteroatoms. The molecule has 0 radical (unpaired) electrons. The molecule has 0 spiro atoms. The van der Waals surface area contributed by atoms with E-state index in [1.807, 2.05) is 30.3 Å². The summed E-state index contributed by atoms with van der Waals surface area (Å²) in [6.45, 7) is 5.55. The van der Waals surface area contributed by atoms with Crippen LogP contribution in [-0.2, 0) is 32.2 Å². The molecule has 0 aliphatic carbocycles. The van der Waals surface area contributed by atoms with Crippen molar-refractivity contribution in [3.8, 4) is 0 Å². The van der Waals surface area contributed by atoms with Gasteiger partial charge in [-0.2, -0.15) is 0 Å². The zero-order valence-electron chi connectivity index (χ0n) is 15.7. The van der Waals surface area contributed by atoms with E-state index in [-0.39, 0.29) is 18.4 Å². The summed E-state index contributed by atoms with van der Waals surface area (Å²) in [6, 6.07) is 7.57. The van der Waals surface area contributed by atoms with Crippen molar-refractivity contribution in [2.75, 3.05) is 20.3 Å². The lowest BCUT2D eigenvalue weighted by Gasteiger charge is -2.31. The molecule has 1 amide bonds. The average molecular weight is 363 g/mol. The number of hydrogen-bond acceptors (Lipinski definition) is 5. The van der Waals surface area contributed by atoms with Gasteiger partial charge in [0.1, 0.15) is 0 Å². The number of benzene rings is 1. The predicted molar refractivity (Wildman–Crippen MR) is 97.9 cm³/mol. The Morgan fingerprint density at radius 1 is 1.31 bits per heavy atom. The van der Waals surface area contributed by atoms with E-state index in [0.29, 0.717) is 37.9 Å². The first-order valence-electron chi connectivity index (χ1n) is 8.99. The minimum absolute atomic E-state index is 0.0231. The van der Waals surface area contributed by atoms with Gasteiger partial charge in [0.05, 0.1) is 19.8 Å². The van der Waals surface area contributed by atoms with Crippen molar-refractivity contribution >= 4 is 5.91 Å². The maximum Gasteiger partial charge on any atom is 0.286 e. The van der Waals surface area contributed by atoms with Gasteiger partial charge in [-0.1, -0.05) is 38.1 Å². The number of amides is 1. The van der Waals surface area contributed by atoms with Crippen molar-refractivity contribution < 1.29 is 24.1 Å². The molecule has 2 atom stereocenters. The van der Waals surface area contributed by atoms with Gasteiger partial charge in [-0.25, -0.2) is 0 Å². The van der Waals surface area contributed by atoms with Gasteiger partial charge < -0.3 is 24.6 Å². The molecule has 0 bridgehead atoms. The molecule has 6 nitrogen and oxygen atoms in total. The second-order valence-electron chi connectivity index (χ2n) is 6.76. The number of allylic oxidation sites excluding steroid dienone is 1. The molecular weight excluding hydrogens is 334 g/mol. The second kappa shape index (κ2) is 10.3. The quantitative estimate of drug-likeness (QED) is 0.659. The maximum absolute atomic E-state index is 12.3. The Kier molecular flexibility index (Phi) is 8.09. The lowest BCUT2D eigenvalue weighted by molar-refractivity contribution is -0.155. The number of rotatable bonds is 9. The molecule has 26 heavy (non-hydrogen) atoms. The van der Waals surface area contributed by atoms with Crippen LogP contribution in [0.1, 0.15) is 31.4 Å². The third-order valence-corrected chi connectivity index (χ3v) is 4.40. The summed E-state index contributed by atoms with van der Waals surface area (Å²) >= 11 is 0. The van der Waals surface area contributed by atoms with E-state index in [9.17, 15) is 4.79 Å². The molecule has 1 aromatic rings. The number of hydrogen-bond donors (Lipinski definition) is 2. The van der Waals surface area contributed by atoms with E-state index in [4.69, 9.17) is 19.3 Å². The summed E-state index contributed by atoms with van der Waals surface area (Å²) in [5, 5.41) is 11.9. The molecular formula is C20H29NO5. The SMILES string of the molecule is COCCNC(=O)C1=C[C@@H](C(C)C)C[C@@H](OCc2ccc(CO)cc2)O1. The Labute approximate surface area is 155 Å². The van der Waals surface area contributed by atoms with Gasteiger partial charge >= 0.3 is 0 Å². The highest BCUT2D eigenvalue weighted by Gasteiger charge is 2.29. The minimum Gasteiger partial charge on any atom is -0.459 e. The molecule has 1 aromatic carbocycles. The van der Waals surface area contributed by atoms with Gasteiger partial charge in [-0.15, -0.1) is 0 Å². The highest BCUT2D eigenvalue weighted by molar-refractivity contribution is 5.91.